The van der Waals surface area contributed by atoms with Crippen LogP contribution in [0.3, 0.4) is 0 Å². The maximum Gasteiger partial charge on any atom is 0.120 e. The lowest BCUT2D eigenvalue weighted by Gasteiger charge is -2.41. The lowest BCUT2D eigenvalue weighted by atomic mass is 9.64. The molecule has 2 unspecified atom stereocenters. The Kier molecular flexibility index (Phi) is 2.84. The fraction of sp³-hybridized carbons (Fsp3) is 0.917. The van der Waals surface area contributed by atoms with Crippen LogP contribution < -0.4 is 0 Å². The smallest absolute Gasteiger partial charge is 0.120 e. The minimum atomic E-state index is 0.336. The van der Waals surface area contributed by atoms with Crippen LogP contribution >= 0.6 is 0 Å². The molecule has 0 amide bonds. The zero-order chi connectivity index (χ0) is 10.1. The van der Waals surface area contributed by atoms with Gasteiger partial charge in [0.1, 0.15) is 6.29 Å². The number of rotatable bonds is 3. The summed E-state index contributed by atoms with van der Waals surface area (Å²) in [5.41, 5.74) is 0.781. The summed E-state index contributed by atoms with van der Waals surface area (Å²) < 4.78 is 0. The molecule has 0 aliphatic heterocycles. The van der Waals surface area contributed by atoms with Gasteiger partial charge >= 0.3 is 0 Å². The first-order valence-electron chi connectivity index (χ1n) is 5.41. The molecule has 0 spiro atoms. The molecule has 0 aromatic carbocycles. The van der Waals surface area contributed by atoms with Gasteiger partial charge in [-0.2, -0.15) is 0 Å². The third-order valence-corrected chi connectivity index (χ3v) is 4.78. The van der Waals surface area contributed by atoms with E-state index in [9.17, 15) is 4.79 Å². The molecule has 0 aromatic rings. The van der Waals surface area contributed by atoms with Crippen molar-refractivity contribution in [1.29, 1.82) is 0 Å². The van der Waals surface area contributed by atoms with Gasteiger partial charge in [-0.15, -0.1) is 0 Å². The molecule has 2 atom stereocenters. The molecule has 76 valence electrons. The van der Waals surface area contributed by atoms with Gasteiger partial charge in [0.25, 0.3) is 0 Å². The van der Waals surface area contributed by atoms with Crippen molar-refractivity contribution in [3.8, 4) is 0 Å². The van der Waals surface area contributed by atoms with E-state index in [1.165, 1.54) is 19.3 Å². The zero-order valence-corrected chi connectivity index (χ0v) is 9.39. The van der Waals surface area contributed by atoms with Gasteiger partial charge in [0, 0.05) is 6.42 Å². The predicted octanol–water partition coefficient (Wildman–Crippen LogP) is 3.43. The Labute approximate surface area is 81.9 Å². The molecule has 1 aliphatic carbocycles. The molecule has 13 heavy (non-hydrogen) atoms. The van der Waals surface area contributed by atoms with Crippen LogP contribution in [-0.2, 0) is 4.79 Å². The number of hydrogen-bond donors (Lipinski definition) is 0. The van der Waals surface area contributed by atoms with Crippen LogP contribution in [0.5, 0.6) is 0 Å². The van der Waals surface area contributed by atoms with Gasteiger partial charge in [-0.1, -0.05) is 34.1 Å². The average molecular weight is 182 g/mol. The number of carbonyl (C=O) groups excluding carboxylic acids is 1. The van der Waals surface area contributed by atoms with Gasteiger partial charge < -0.3 is 4.79 Å². The standard InChI is InChI=1S/C12H22O/c1-5-12(4)8-6-10(7-9-13)11(12,2)3/h9-10H,5-8H2,1-4H3. The lowest BCUT2D eigenvalue weighted by Crippen LogP contribution is -2.33. The molecular weight excluding hydrogens is 160 g/mol. The number of aldehydes is 1. The summed E-state index contributed by atoms with van der Waals surface area (Å²) in [6, 6.07) is 0. The monoisotopic (exact) mass is 182 g/mol. The molecule has 1 saturated carbocycles. The maximum atomic E-state index is 10.5. The maximum absolute atomic E-state index is 10.5. The van der Waals surface area contributed by atoms with Crippen molar-refractivity contribution in [2.24, 2.45) is 16.7 Å². The van der Waals surface area contributed by atoms with Crippen molar-refractivity contribution >= 4 is 6.29 Å². The Morgan fingerprint density at radius 1 is 1.38 bits per heavy atom. The quantitative estimate of drug-likeness (QED) is 0.611. The third-order valence-electron chi connectivity index (χ3n) is 4.78. The van der Waals surface area contributed by atoms with Crippen LogP contribution in [0, 0.1) is 16.7 Å². The fourth-order valence-electron chi connectivity index (χ4n) is 2.83. The van der Waals surface area contributed by atoms with Crippen LogP contribution in [0.1, 0.15) is 53.4 Å². The molecule has 0 bridgehead atoms. The third kappa shape index (κ3) is 1.53. The summed E-state index contributed by atoms with van der Waals surface area (Å²) in [4.78, 5) is 10.5. The van der Waals surface area contributed by atoms with Gasteiger partial charge in [-0.05, 0) is 29.6 Å². The zero-order valence-electron chi connectivity index (χ0n) is 9.39. The normalized spacial score (nSPS) is 37.7. The Morgan fingerprint density at radius 2 is 2.00 bits per heavy atom. The summed E-state index contributed by atoms with van der Waals surface area (Å²) in [5, 5.41) is 0. The molecule has 0 N–H and O–H groups in total. The molecule has 0 aromatic heterocycles. The van der Waals surface area contributed by atoms with Crippen molar-refractivity contribution in [2.75, 3.05) is 0 Å². The Morgan fingerprint density at radius 3 is 2.38 bits per heavy atom. The van der Waals surface area contributed by atoms with E-state index in [1.807, 2.05) is 0 Å². The molecule has 0 saturated heterocycles. The van der Waals surface area contributed by atoms with Crippen molar-refractivity contribution in [3.05, 3.63) is 0 Å². The van der Waals surface area contributed by atoms with Crippen molar-refractivity contribution in [3.63, 3.8) is 0 Å². The van der Waals surface area contributed by atoms with E-state index in [2.05, 4.69) is 27.7 Å². The summed E-state index contributed by atoms with van der Waals surface area (Å²) in [5.74, 6) is 0.606. The highest BCUT2D eigenvalue weighted by atomic mass is 16.1. The summed E-state index contributed by atoms with van der Waals surface area (Å²) in [6.45, 7) is 9.30. The van der Waals surface area contributed by atoms with Gasteiger partial charge in [-0.25, -0.2) is 0 Å². The first-order valence-corrected chi connectivity index (χ1v) is 5.41. The van der Waals surface area contributed by atoms with Gasteiger partial charge in [0.2, 0.25) is 0 Å². The van der Waals surface area contributed by atoms with E-state index in [-0.39, 0.29) is 0 Å². The molecule has 1 fully saturated rings. The minimum Gasteiger partial charge on any atom is -0.303 e. The van der Waals surface area contributed by atoms with E-state index >= 15 is 0 Å². The van der Waals surface area contributed by atoms with Crippen molar-refractivity contribution < 1.29 is 4.79 Å². The molecule has 0 radical (unpaired) electrons. The molecule has 1 aliphatic rings. The number of hydrogen-bond acceptors (Lipinski definition) is 1. The summed E-state index contributed by atoms with van der Waals surface area (Å²) in [7, 11) is 0. The predicted molar refractivity (Wildman–Crippen MR) is 55.6 cm³/mol. The van der Waals surface area contributed by atoms with E-state index in [0.29, 0.717) is 16.7 Å². The van der Waals surface area contributed by atoms with Gasteiger partial charge in [-0.3, -0.25) is 0 Å². The fourth-order valence-corrected chi connectivity index (χ4v) is 2.83. The van der Waals surface area contributed by atoms with E-state index in [0.717, 1.165) is 12.7 Å². The second kappa shape index (κ2) is 3.43. The Bertz CT molecular complexity index is 195. The van der Waals surface area contributed by atoms with E-state index in [1.54, 1.807) is 0 Å². The largest absolute Gasteiger partial charge is 0.303 e. The van der Waals surface area contributed by atoms with Gasteiger partial charge in [0.05, 0.1) is 0 Å². The van der Waals surface area contributed by atoms with Crippen LogP contribution in [0.4, 0.5) is 0 Å². The van der Waals surface area contributed by atoms with E-state index in [4.69, 9.17) is 0 Å². The van der Waals surface area contributed by atoms with Crippen LogP contribution in [0.15, 0.2) is 0 Å². The molecule has 1 rings (SSSR count). The van der Waals surface area contributed by atoms with Crippen molar-refractivity contribution in [1.82, 2.24) is 0 Å². The highest BCUT2D eigenvalue weighted by Gasteiger charge is 2.49. The average Bonchev–Trinajstić information content (AvgIpc) is 2.30. The highest BCUT2D eigenvalue weighted by molar-refractivity contribution is 5.50. The highest BCUT2D eigenvalue weighted by Crippen LogP contribution is 2.58. The molecular formula is C12H22O. The SMILES string of the molecule is CCC1(C)CCC(CC=O)C1(C)C. The molecule has 0 heterocycles. The summed E-state index contributed by atoms with van der Waals surface area (Å²) in [6.07, 6.45) is 5.59. The first kappa shape index (κ1) is 10.7. The van der Waals surface area contributed by atoms with Crippen LogP contribution in [0.2, 0.25) is 0 Å². The lowest BCUT2D eigenvalue weighted by molar-refractivity contribution is -0.109. The van der Waals surface area contributed by atoms with Crippen molar-refractivity contribution in [2.45, 2.75) is 53.4 Å². The Hall–Kier alpha value is -0.330. The van der Waals surface area contributed by atoms with Crippen LogP contribution in [0.25, 0.3) is 0 Å². The molecule has 1 heteroatoms. The summed E-state index contributed by atoms with van der Waals surface area (Å²) >= 11 is 0. The van der Waals surface area contributed by atoms with Crippen LogP contribution in [-0.4, -0.2) is 6.29 Å². The van der Waals surface area contributed by atoms with Gasteiger partial charge in [0.15, 0.2) is 0 Å². The topological polar surface area (TPSA) is 17.1 Å². The Balaban J connectivity index is 2.81. The second-order valence-electron chi connectivity index (χ2n) is 5.27. The first-order chi connectivity index (χ1) is 5.98. The number of carbonyl (C=O) groups is 1. The molecule has 1 nitrogen and oxygen atoms in total. The second-order valence-corrected chi connectivity index (χ2v) is 5.27. The van der Waals surface area contributed by atoms with E-state index < -0.39 is 0 Å². The minimum absolute atomic E-state index is 0.336.